The van der Waals surface area contributed by atoms with E-state index in [4.69, 9.17) is 5.73 Å². The Morgan fingerprint density at radius 2 is 2.14 bits per heavy atom. The lowest BCUT2D eigenvalue weighted by Crippen LogP contribution is -2.13. The first kappa shape index (κ1) is 9.46. The molecule has 0 aliphatic heterocycles. The van der Waals surface area contributed by atoms with Gasteiger partial charge in [-0.05, 0) is 43.4 Å². The molecule has 2 rings (SSSR count). The predicted octanol–water partition coefficient (Wildman–Crippen LogP) is 2.25. The molecule has 0 heterocycles. The van der Waals surface area contributed by atoms with Crippen molar-refractivity contribution in [2.24, 2.45) is 11.7 Å². The molecule has 0 aromatic heterocycles. The van der Waals surface area contributed by atoms with Gasteiger partial charge in [-0.3, -0.25) is 0 Å². The van der Waals surface area contributed by atoms with Crippen molar-refractivity contribution >= 4 is 0 Å². The van der Waals surface area contributed by atoms with Gasteiger partial charge in [0.1, 0.15) is 11.6 Å². The fourth-order valence-electron chi connectivity index (χ4n) is 1.66. The van der Waals surface area contributed by atoms with E-state index in [-0.39, 0.29) is 17.6 Å². The van der Waals surface area contributed by atoms with Crippen LogP contribution in [0.15, 0.2) is 12.1 Å². The minimum Gasteiger partial charge on any atom is -0.508 e. The van der Waals surface area contributed by atoms with Gasteiger partial charge in [0.25, 0.3) is 0 Å². The van der Waals surface area contributed by atoms with Gasteiger partial charge in [0.2, 0.25) is 0 Å². The van der Waals surface area contributed by atoms with E-state index in [2.05, 4.69) is 0 Å². The second kappa shape index (κ2) is 3.24. The maximum Gasteiger partial charge on any atom is 0.126 e. The summed E-state index contributed by atoms with van der Waals surface area (Å²) in [7, 11) is 0. The molecule has 0 unspecified atom stereocenters. The summed E-state index contributed by atoms with van der Waals surface area (Å²) in [4.78, 5) is 0. The molecule has 1 aliphatic rings. The number of aromatic hydroxyl groups is 1. The Morgan fingerprint density at radius 3 is 2.71 bits per heavy atom. The van der Waals surface area contributed by atoms with Crippen LogP contribution in [0.5, 0.6) is 5.75 Å². The van der Waals surface area contributed by atoms with Gasteiger partial charge in [0.15, 0.2) is 0 Å². The van der Waals surface area contributed by atoms with Crippen molar-refractivity contribution in [3.63, 3.8) is 0 Å². The minimum absolute atomic E-state index is 0.114. The van der Waals surface area contributed by atoms with Crippen LogP contribution in [0.3, 0.4) is 0 Å². The van der Waals surface area contributed by atoms with Gasteiger partial charge < -0.3 is 10.8 Å². The van der Waals surface area contributed by atoms with Gasteiger partial charge >= 0.3 is 0 Å². The molecule has 0 spiro atoms. The van der Waals surface area contributed by atoms with E-state index in [1.165, 1.54) is 12.1 Å². The molecule has 76 valence electrons. The van der Waals surface area contributed by atoms with Gasteiger partial charge in [-0.25, -0.2) is 4.39 Å². The van der Waals surface area contributed by atoms with Crippen LogP contribution < -0.4 is 5.73 Å². The zero-order valence-electron chi connectivity index (χ0n) is 8.13. The van der Waals surface area contributed by atoms with E-state index in [9.17, 15) is 9.50 Å². The summed E-state index contributed by atoms with van der Waals surface area (Å²) >= 11 is 0. The number of phenols is 1. The van der Waals surface area contributed by atoms with E-state index in [0.717, 1.165) is 12.8 Å². The number of hydrogen-bond donors (Lipinski definition) is 2. The molecule has 2 nitrogen and oxygen atoms in total. The monoisotopic (exact) mass is 195 g/mol. The predicted molar refractivity (Wildman–Crippen MR) is 52.5 cm³/mol. The first-order valence-electron chi connectivity index (χ1n) is 4.84. The van der Waals surface area contributed by atoms with Crippen molar-refractivity contribution in [1.29, 1.82) is 0 Å². The minimum atomic E-state index is -0.297. The molecule has 1 aromatic rings. The molecule has 3 N–H and O–H groups in total. The fourth-order valence-corrected chi connectivity index (χ4v) is 1.66. The van der Waals surface area contributed by atoms with Crippen LogP contribution in [0.2, 0.25) is 0 Å². The highest BCUT2D eigenvalue weighted by molar-refractivity contribution is 5.39. The van der Waals surface area contributed by atoms with Crippen LogP contribution >= 0.6 is 0 Å². The molecular formula is C11H14FNO. The number of hydrogen-bond acceptors (Lipinski definition) is 2. The first-order chi connectivity index (χ1) is 6.59. The van der Waals surface area contributed by atoms with E-state index in [0.29, 0.717) is 17.0 Å². The molecule has 0 bridgehead atoms. The van der Waals surface area contributed by atoms with Crippen molar-refractivity contribution in [1.82, 2.24) is 0 Å². The van der Waals surface area contributed by atoms with Gasteiger partial charge in [0.05, 0.1) is 0 Å². The summed E-state index contributed by atoms with van der Waals surface area (Å²) < 4.78 is 13.2. The first-order valence-corrected chi connectivity index (χ1v) is 4.84. The Labute approximate surface area is 82.5 Å². The lowest BCUT2D eigenvalue weighted by Gasteiger charge is -2.13. The molecule has 0 radical (unpaired) electrons. The van der Waals surface area contributed by atoms with Crippen molar-refractivity contribution in [2.75, 3.05) is 0 Å². The summed E-state index contributed by atoms with van der Waals surface area (Å²) in [6, 6.07) is 2.57. The highest BCUT2D eigenvalue weighted by Gasteiger charge is 2.31. The van der Waals surface area contributed by atoms with Crippen molar-refractivity contribution < 1.29 is 9.50 Å². The number of halogens is 1. The Kier molecular flexibility index (Phi) is 2.19. The zero-order chi connectivity index (χ0) is 10.3. The standard InChI is InChI=1S/C11H14FNO/c1-6-4-10(14)8(5-9(6)12)11(13)7-2-3-7/h4-5,7,11,14H,2-3,13H2,1H3/t11-/m1/s1. The smallest absolute Gasteiger partial charge is 0.126 e. The van der Waals surface area contributed by atoms with Crippen LogP contribution in [0.25, 0.3) is 0 Å². The van der Waals surface area contributed by atoms with Crippen LogP contribution in [-0.2, 0) is 0 Å². The van der Waals surface area contributed by atoms with Gasteiger partial charge in [0, 0.05) is 11.6 Å². The molecule has 0 saturated heterocycles. The highest BCUT2D eigenvalue weighted by Crippen LogP contribution is 2.42. The topological polar surface area (TPSA) is 46.2 Å². The van der Waals surface area contributed by atoms with Crippen LogP contribution in [0.1, 0.15) is 30.0 Å². The molecular weight excluding hydrogens is 181 g/mol. The largest absolute Gasteiger partial charge is 0.508 e. The summed E-state index contributed by atoms with van der Waals surface area (Å²) in [5.41, 5.74) is 6.88. The van der Waals surface area contributed by atoms with Crippen LogP contribution in [0.4, 0.5) is 4.39 Å². The number of rotatable bonds is 2. The zero-order valence-corrected chi connectivity index (χ0v) is 8.13. The number of phenolic OH excluding ortho intramolecular Hbond substituents is 1. The van der Waals surface area contributed by atoms with Crippen LogP contribution in [0, 0.1) is 18.7 Å². The number of benzene rings is 1. The average molecular weight is 195 g/mol. The maximum absolute atomic E-state index is 13.2. The van der Waals surface area contributed by atoms with Crippen LogP contribution in [-0.4, -0.2) is 5.11 Å². The van der Waals surface area contributed by atoms with Crippen molar-refractivity contribution in [3.8, 4) is 5.75 Å². The summed E-state index contributed by atoms with van der Waals surface area (Å²) in [6.45, 7) is 1.63. The third-order valence-corrected chi connectivity index (χ3v) is 2.80. The van der Waals surface area contributed by atoms with Crippen molar-refractivity contribution in [3.05, 3.63) is 29.1 Å². The molecule has 0 amide bonds. The summed E-state index contributed by atoms with van der Waals surface area (Å²) in [5, 5.41) is 9.62. The second-order valence-corrected chi connectivity index (χ2v) is 4.02. The SMILES string of the molecule is Cc1cc(O)c([C@H](N)C2CC2)cc1F. The third kappa shape index (κ3) is 1.60. The lowest BCUT2D eigenvalue weighted by molar-refractivity contribution is 0.452. The lowest BCUT2D eigenvalue weighted by atomic mass is 10.0. The molecule has 1 aromatic carbocycles. The number of nitrogens with two attached hydrogens (primary N) is 1. The summed E-state index contributed by atoms with van der Waals surface area (Å²) in [6.07, 6.45) is 2.16. The van der Waals surface area contributed by atoms with Gasteiger partial charge in [-0.15, -0.1) is 0 Å². The van der Waals surface area contributed by atoms with E-state index >= 15 is 0 Å². The van der Waals surface area contributed by atoms with Gasteiger partial charge in [-0.2, -0.15) is 0 Å². The Hall–Kier alpha value is -1.09. The molecule has 1 atom stereocenters. The normalized spacial score (nSPS) is 18.2. The molecule has 1 fully saturated rings. The maximum atomic E-state index is 13.2. The van der Waals surface area contributed by atoms with Gasteiger partial charge in [-0.1, -0.05) is 0 Å². The van der Waals surface area contributed by atoms with Crippen molar-refractivity contribution in [2.45, 2.75) is 25.8 Å². The highest BCUT2D eigenvalue weighted by atomic mass is 19.1. The fraction of sp³-hybridized carbons (Fsp3) is 0.455. The number of aryl methyl sites for hydroxylation is 1. The Bertz CT molecular complexity index is 361. The van der Waals surface area contributed by atoms with E-state index in [1.54, 1.807) is 6.92 Å². The average Bonchev–Trinajstić information content (AvgIpc) is 2.93. The molecule has 1 aliphatic carbocycles. The second-order valence-electron chi connectivity index (χ2n) is 4.02. The summed E-state index contributed by atoms with van der Waals surface area (Å²) in [5.74, 6) is 0.236. The molecule has 1 saturated carbocycles. The molecule has 14 heavy (non-hydrogen) atoms. The van der Waals surface area contributed by atoms with E-state index in [1.807, 2.05) is 0 Å². The van der Waals surface area contributed by atoms with E-state index < -0.39 is 0 Å². The molecule has 3 heteroatoms. The Morgan fingerprint density at radius 1 is 1.50 bits per heavy atom. The Balaban J connectivity index is 2.36. The third-order valence-electron chi connectivity index (χ3n) is 2.80. The quantitative estimate of drug-likeness (QED) is 0.760.